The normalized spacial score (nSPS) is 10.4. The van der Waals surface area contributed by atoms with Gasteiger partial charge < -0.3 is 4.74 Å². The van der Waals surface area contributed by atoms with Crippen LogP contribution in [0.2, 0.25) is 10.0 Å². The molecule has 0 aliphatic heterocycles. The van der Waals surface area contributed by atoms with Crippen LogP contribution in [-0.2, 0) is 11.2 Å². The van der Waals surface area contributed by atoms with E-state index in [0.717, 1.165) is 10.4 Å². The number of amides is 1. The zero-order chi connectivity index (χ0) is 19.2. The van der Waals surface area contributed by atoms with E-state index >= 15 is 0 Å². The number of carbonyl (C=O) groups excluding carboxylic acids is 2. The maximum Gasteiger partial charge on any atom is 0.264 e. The van der Waals surface area contributed by atoms with Gasteiger partial charge >= 0.3 is 0 Å². The lowest BCUT2D eigenvalue weighted by molar-refractivity contribution is -0.118. The first kappa shape index (κ1) is 19.4. The molecule has 3 rings (SSSR count). The Bertz CT molecular complexity index is 975. The summed E-state index contributed by atoms with van der Waals surface area (Å²) in [5, 5.41) is 4.31. The first-order valence-electron chi connectivity index (χ1n) is 7.90. The molecule has 0 radical (unpaired) electrons. The molecule has 27 heavy (non-hydrogen) atoms. The fourth-order valence-electron chi connectivity index (χ4n) is 2.31. The van der Waals surface area contributed by atoms with Gasteiger partial charge in [0.1, 0.15) is 5.75 Å². The molecule has 0 saturated carbocycles. The summed E-state index contributed by atoms with van der Waals surface area (Å²) in [5.74, 6) is 0.000912. The summed E-state index contributed by atoms with van der Waals surface area (Å²) in [5.41, 5.74) is 1.32. The van der Waals surface area contributed by atoms with Crippen LogP contribution in [-0.4, -0.2) is 23.8 Å². The van der Waals surface area contributed by atoms with Crippen molar-refractivity contribution in [2.24, 2.45) is 0 Å². The largest absolute Gasteiger partial charge is 0.483 e. The van der Waals surface area contributed by atoms with Crippen molar-refractivity contribution in [3.05, 3.63) is 74.7 Å². The highest BCUT2D eigenvalue weighted by molar-refractivity contribution is 7.15. The highest BCUT2D eigenvalue weighted by Crippen LogP contribution is 2.27. The number of ether oxygens (including phenoxy) is 1. The highest BCUT2D eigenvalue weighted by Gasteiger charge is 2.11. The smallest absolute Gasteiger partial charge is 0.264 e. The average Bonchev–Trinajstić information content (AvgIpc) is 3.09. The Kier molecular flexibility index (Phi) is 6.45. The second kappa shape index (κ2) is 8.99. The topological polar surface area (TPSA) is 68.3 Å². The molecule has 8 heteroatoms. The first-order chi connectivity index (χ1) is 13.0. The fourth-order valence-corrected chi connectivity index (χ4v) is 3.63. The standard InChI is InChI=1S/C19H14Cl2N2O3S/c20-14-6-5-12(16(21)8-14)7-15-9-22-19(27-15)23-18(25)11-26-17-4-2-1-3-13(17)10-24/h1-6,8-10H,7,11H2,(H,22,23,25). The third-order valence-corrected chi connectivity index (χ3v) is 5.08. The number of para-hydroxylation sites is 1. The maximum absolute atomic E-state index is 12.1. The molecule has 0 atom stereocenters. The molecular formula is C19H14Cl2N2O3S. The molecule has 1 N–H and O–H groups in total. The number of benzene rings is 2. The molecule has 0 aliphatic carbocycles. The first-order valence-corrected chi connectivity index (χ1v) is 9.48. The molecule has 138 valence electrons. The van der Waals surface area contributed by atoms with E-state index in [2.05, 4.69) is 10.3 Å². The number of anilines is 1. The Hall–Kier alpha value is -2.41. The third-order valence-electron chi connectivity index (χ3n) is 3.58. The lowest BCUT2D eigenvalue weighted by atomic mass is 10.1. The van der Waals surface area contributed by atoms with Gasteiger partial charge in [-0.05, 0) is 29.8 Å². The van der Waals surface area contributed by atoms with Gasteiger partial charge in [0.25, 0.3) is 5.91 Å². The fraction of sp³-hybridized carbons (Fsp3) is 0.105. The molecule has 5 nitrogen and oxygen atoms in total. The molecule has 1 heterocycles. The van der Waals surface area contributed by atoms with Gasteiger partial charge in [-0.3, -0.25) is 14.9 Å². The third kappa shape index (κ3) is 5.29. The van der Waals surface area contributed by atoms with Crippen LogP contribution in [0.5, 0.6) is 5.75 Å². The minimum Gasteiger partial charge on any atom is -0.483 e. The van der Waals surface area contributed by atoms with Crippen molar-refractivity contribution in [3.8, 4) is 5.75 Å². The molecule has 0 saturated heterocycles. The van der Waals surface area contributed by atoms with Gasteiger partial charge in [0.2, 0.25) is 0 Å². The van der Waals surface area contributed by atoms with E-state index in [4.69, 9.17) is 27.9 Å². The lowest BCUT2D eigenvalue weighted by Crippen LogP contribution is -2.20. The van der Waals surface area contributed by atoms with E-state index in [1.807, 2.05) is 6.07 Å². The monoisotopic (exact) mass is 420 g/mol. The lowest BCUT2D eigenvalue weighted by Gasteiger charge is -2.07. The van der Waals surface area contributed by atoms with Crippen molar-refractivity contribution >= 4 is 51.9 Å². The van der Waals surface area contributed by atoms with Crippen LogP contribution in [0.15, 0.2) is 48.7 Å². The molecule has 0 spiro atoms. The Balaban J connectivity index is 1.57. The Morgan fingerprint density at radius 2 is 2.04 bits per heavy atom. The maximum atomic E-state index is 12.1. The van der Waals surface area contributed by atoms with Crippen molar-refractivity contribution in [2.75, 3.05) is 11.9 Å². The minimum absolute atomic E-state index is 0.219. The van der Waals surface area contributed by atoms with Gasteiger partial charge in [-0.1, -0.05) is 41.4 Å². The minimum atomic E-state index is -0.360. The summed E-state index contributed by atoms with van der Waals surface area (Å²) in [7, 11) is 0. The van der Waals surface area contributed by atoms with E-state index in [9.17, 15) is 9.59 Å². The zero-order valence-corrected chi connectivity index (χ0v) is 16.3. The van der Waals surface area contributed by atoms with Crippen LogP contribution >= 0.6 is 34.5 Å². The number of aldehydes is 1. The number of halogens is 2. The number of nitrogens with zero attached hydrogens (tertiary/aromatic N) is 1. The number of hydrogen-bond donors (Lipinski definition) is 1. The predicted molar refractivity (Wildman–Crippen MR) is 107 cm³/mol. The van der Waals surface area contributed by atoms with E-state index in [0.29, 0.717) is 39.2 Å². The second-order valence-corrected chi connectivity index (χ2v) is 7.50. The van der Waals surface area contributed by atoms with Crippen molar-refractivity contribution in [1.29, 1.82) is 0 Å². The second-order valence-electron chi connectivity index (χ2n) is 5.54. The summed E-state index contributed by atoms with van der Waals surface area (Å²) < 4.78 is 5.40. The molecule has 0 fully saturated rings. The van der Waals surface area contributed by atoms with Gasteiger partial charge in [0.15, 0.2) is 18.0 Å². The van der Waals surface area contributed by atoms with Crippen LogP contribution < -0.4 is 10.1 Å². The summed E-state index contributed by atoms with van der Waals surface area (Å²) in [6.07, 6.45) is 2.96. The van der Waals surface area contributed by atoms with E-state index in [1.165, 1.54) is 11.3 Å². The Morgan fingerprint density at radius 3 is 2.81 bits per heavy atom. The molecular weight excluding hydrogens is 407 g/mol. The summed E-state index contributed by atoms with van der Waals surface area (Å²) >= 11 is 13.4. The van der Waals surface area contributed by atoms with Crippen LogP contribution in [0.4, 0.5) is 5.13 Å². The van der Waals surface area contributed by atoms with Gasteiger partial charge in [-0.2, -0.15) is 0 Å². The van der Waals surface area contributed by atoms with Crippen LogP contribution in [0.25, 0.3) is 0 Å². The highest BCUT2D eigenvalue weighted by atomic mass is 35.5. The molecule has 2 aromatic carbocycles. The number of hydrogen-bond acceptors (Lipinski definition) is 5. The number of thiazole rings is 1. The molecule has 0 aliphatic rings. The predicted octanol–water partition coefficient (Wildman–Crippen LogP) is 4.87. The zero-order valence-electron chi connectivity index (χ0n) is 13.9. The number of carbonyl (C=O) groups is 2. The Morgan fingerprint density at radius 1 is 1.22 bits per heavy atom. The van der Waals surface area contributed by atoms with E-state index in [1.54, 1.807) is 42.6 Å². The van der Waals surface area contributed by atoms with Crippen LogP contribution in [0.3, 0.4) is 0 Å². The summed E-state index contributed by atoms with van der Waals surface area (Å²) in [4.78, 5) is 28.1. The number of rotatable bonds is 7. The van der Waals surface area contributed by atoms with Crippen molar-refractivity contribution in [1.82, 2.24) is 4.98 Å². The molecule has 3 aromatic rings. The quantitative estimate of drug-likeness (QED) is 0.553. The summed E-state index contributed by atoms with van der Waals surface area (Å²) in [6.45, 7) is -0.219. The molecule has 1 aromatic heterocycles. The molecule has 0 unspecified atom stereocenters. The average molecular weight is 421 g/mol. The van der Waals surface area contributed by atoms with E-state index < -0.39 is 0 Å². The SMILES string of the molecule is O=Cc1ccccc1OCC(=O)Nc1ncc(Cc2ccc(Cl)cc2Cl)s1. The van der Waals surface area contributed by atoms with Crippen LogP contribution in [0, 0.1) is 0 Å². The van der Waals surface area contributed by atoms with Crippen LogP contribution in [0.1, 0.15) is 20.8 Å². The number of nitrogens with one attached hydrogen (secondary N) is 1. The van der Waals surface area contributed by atoms with Gasteiger partial charge in [0.05, 0.1) is 5.56 Å². The van der Waals surface area contributed by atoms with Gasteiger partial charge in [-0.15, -0.1) is 11.3 Å². The molecule has 1 amide bonds. The van der Waals surface area contributed by atoms with Gasteiger partial charge in [0, 0.05) is 27.5 Å². The van der Waals surface area contributed by atoms with Crippen molar-refractivity contribution in [3.63, 3.8) is 0 Å². The van der Waals surface area contributed by atoms with Crippen molar-refractivity contribution < 1.29 is 14.3 Å². The van der Waals surface area contributed by atoms with Crippen molar-refractivity contribution in [2.45, 2.75) is 6.42 Å². The number of aromatic nitrogens is 1. The molecule has 0 bridgehead atoms. The van der Waals surface area contributed by atoms with Gasteiger partial charge in [-0.25, -0.2) is 4.98 Å². The van der Waals surface area contributed by atoms with E-state index in [-0.39, 0.29) is 12.5 Å². The summed E-state index contributed by atoms with van der Waals surface area (Å²) in [6, 6.07) is 12.0. The Labute approximate surface area is 169 Å².